The van der Waals surface area contributed by atoms with E-state index in [0.29, 0.717) is 22.2 Å². The summed E-state index contributed by atoms with van der Waals surface area (Å²) in [4.78, 5) is 13.0. The molecule has 0 bridgehead atoms. The van der Waals surface area contributed by atoms with E-state index in [1.165, 1.54) is 11.1 Å². The lowest BCUT2D eigenvalue weighted by Gasteiger charge is -2.19. The van der Waals surface area contributed by atoms with Crippen molar-refractivity contribution in [3.05, 3.63) is 41.0 Å². The number of benzene rings is 1. The van der Waals surface area contributed by atoms with E-state index in [9.17, 15) is 4.79 Å². The molecule has 0 aromatic heterocycles. The predicted octanol–water partition coefficient (Wildman–Crippen LogP) is 3.88. The van der Waals surface area contributed by atoms with Crippen LogP contribution in [0.2, 0.25) is 10.0 Å². The Morgan fingerprint density at radius 2 is 2.00 bits per heavy atom. The largest absolute Gasteiger partial charge is 0.285 e. The van der Waals surface area contributed by atoms with Gasteiger partial charge < -0.3 is 0 Å². The smallest absolute Gasteiger partial charge is 0.230 e. The summed E-state index contributed by atoms with van der Waals surface area (Å²) in [5, 5.41) is 0.869. The maximum atomic E-state index is 11.6. The highest BCUT2D eigenvalue weighted by molar-refractivity contribution is 6.40. The van der Waals surface area contributed by atoms with Crippen LogP contribution in [0.1, 0.15) is 13.3 Å². The third kappa shape index (κ3) is 2.52. The van der Waals surface area contributed by atoms with Gasteiger partial charge in [-0.2, -0.15) is 0 Å². The van der Waals surface area contributed by atoms with Crippen LogP contribution in [0.4, 0.5) is 5.69 Å². The molecule has 0 saturated carbocycles. The lowest BCUT2D eigenvalue weighted by molar-refractivity contribution is -0.117. The second-order valence-electron chi connectivity index (χ2n) is 2.87. The Morgan fingerprint density at radius 1 is 1.47 bits per heavy atom. The number of carbonyl (C=O) groups is 1. The number of hydrogen-bond acceptors (Lipinski definition) is 1. The van der Waals surface area contributed by atoms with E-state index in [-0.39, 0.29) is 5.91 Å². The monoisotopic (exact) mass is 243 g/mol. The van der Waals surface area contributed by atoms with Gasteiger partial charge in [0.05, 0.1) is 15.7 Å². The van der Waals surface area contributed by atoms with Crippen molar-refractivity contribution in [3.63, 3.8) is 0 Å². The zero-order valence-corrected chi connectivity index (χ0v) is 9.85. The van der Waals surface area contributed by atoms with Crippen LogP contribution < -0.4 is 4.90 Å². The number of nitrogens with zero attached hydrogens (tertiary/aromatic N) is 1. The van der Waals surface area contributed by atoms with Crippen molar-refractivity contribution in [1.82, 2.24) is 0 Å². The fourth-order valence-corrected chi connectivity index (χ4v) is 1.79. The summed E-state index contributed by atoms with van der Waals surface area (Å²) < 4.78 is 0. The first-order valence-corrected chi connectivity index (χ1v) is 5.26. The molecule has 0 heterocycles. The molecule has 0 unspecified atom stereocenters. The van der Waals surface area contributed by atoms with Crippen LogP contribution >= 0.6 is 23.2 Å². The van der Waals surface area contributed by atoms with Gasteiger partial charge in [0, 0.05) is 12.6 Å². The van der Waals surface area contributed by atoms with Gasteiger partial charge in [-0.1, -0.05) is 42.8 Å². The average Bonchev–Trinajstić information content (AvgIpc) is 2.22. The van der Waals surface area contributed by atoms with Crippen molar-refractivity contribution < 1.29 is 4.79 Å². The first-order valence-electron chi connectivity index (χ1n) is 4.50. The summed E-state index contributed by atoms with van der Waals surface area (Å²) in [6.45, 7) is 5.34. The second kappa shape index (κ2) is 5.19. The molecule has 0 aliphatic heterocycles. The molecule has 1 aromatic rings. The third-order valence-corrected chi connectivity index (χ3v) is 2.54. The number of rotatable bonds is 3. The molecule has 0 aliphatic carbocycles. The van der Waals surface area contributed by atoms with E-state index in [0.717, 1.165) is 0 Å². The van der Waals surface area contributed by atoms with Crippen LogP contribution in [0.5, 0.6) is 0 Å². The lowest BCUT2D eigenvalue weighted by Crippen LogP contribution is -2.24. The molecule has 1 aromatic carbocycles. The molecule has 2 nitrogen and oxygen atoms in total. The van der Waals surface area contributed by atoms with E-state index in [2.05, 4.69) is 6.58 Å². The highest BCUT2D eigenvalue weighted by Crippen LogP contribution is 2.33. The lowest BCUT2D eigenvalue weighted by atomic mass is 10.2. The van der Waals surface area contributed by atoms with E-state index in [1.54, 1.807) is 25.1 Å². The molecule has 0 aliphatic rings. The number of carbonyl (C=O) groups excluding carboxylic acids is 1. The van der Waals surface area contributed by atoms with Gasteiger partial charge >= 0.3 is 0 Å². The van der Waals surface area contributed by atoms with Gasteiger partial charge in [-0.25, -0.2) is 0 Å². The second-order valence-corrected chi connectivity index (χ2v) is 3.68. The van der Waals surface area contributed by atoms with Crippen molar-refractivity contribution in [3.8, 4) is 0 Å². The summed E-state index contributed by atoms with van der Waals surface area (Å²) >= 11 is 12.0. The molecular formula is C11H11Cl2NO. The Bertz CT molecular complexity index is 370. The van der Waals surface area contributed by atoms with E-state index in [4.69, 9.17) is 23.2 Å². The van der Waals surface area contributed by atoms with Gasteiger partial charge in [-0.3, -0.25) is 9.69 Å². The first-order chi connectivity index (χ1) is 7.11. The van der Waals surface area contributed by atoms with Crippen LogP contribution in [0.3, 0.4) is 0 Å². The van der Waals surface area contributed by atoms with Crippen molar-refractivity contribution in [2.75, 3.05) is 4.90 Å². The summed E-state index contributed by atoms with van der Waals surface area (Å²) in [5.74, 6) is -0.0972. The molecular weight excluding hydrogens is 233 g/mol. The Kier molecular flexibility index (Phi) is 4.18. The molecule has 80 valence electrons. The van der Waals surface area contributed by atoms with E-state index < -0.39 is 0 Å². The Balaban J connectivity index is 3.23. The van der Waals surface area contributed by atoms with Crippen LogP contribution in [0, 0.1) is 0 Å². The molecule has 1 amide bonds. The van der Waals surface area contributed by atoms with Crippen molar-refractivity contribution in [2.24, 2.45) is 0 Å². The number of para-hydroxylation sites is 1. The fraction of sp³-hybridized carbons (Fsp3) is 0.182. The molecule has 0 N–H and O–H groups in total. The Labute approximate surface area is 99.1 Å². The van der Waals surface area contributed by atoms with Gasteiger partial charge in [0.25, 0.3) is 0 Å². The van der Waals surface area contributed by atoms with Crippen molar-refractivity contribution in [1.29, 1.82) is 0 Å². The van der Waals surface area contributed by atoms with Crippen molar-refractivity contribution >= 4 is 34.8 Å². The Morgan fingerprint density at radius 3 is 2.40 bits per heavy atom. The van der Waals surface area contributed by atoms with Gasteiger partial charge in [-0.05, 0) is 12.1 Å². The molecule has 0 spiro atoms. The number of halogens is 2. The maximum Gasteiger partial charge on any atom is 0.230 e. The molecule has 0 atom stereocenters. The fourth-order valence-electron chi connectivity index (χ4n) is 1.21. The minimum Gasteiger partial charge on any atom is -0.285 e. The highest BCUT2D eigenvalue weighted by atomic mass is 35.5. The highest BCUT2D eigenvalue weighted by Gasteiger charge is 2.16. The molecule has 0 radical (unpaired) electrons. The van der Waals surface area contributed by atoms with Crippen LogP contribution in [-0.4, -0.2) is 5.91 Å². The summed E-state index contributed by atoms with van der Waals surface area (Å²) in [6.07, 6.45) is 1.78. The van der Waals surface area contributed by atoms with E-state index >= 15 is 0 Å². The molecule has 1 rings (SSSR count). The van der Waals surface area contributed by atoms with Gasteiger partial charge in [0.2, 0.25) is 5.91 Å². The summed E-state index contributed by atoms with van der Waals surface area (Å²) in [5.41, 5.74) is 0.489. The number of hydrogen-bond donors (Lipinski definition) is 0. The van der Waals surface area contributed by atoms with Crippen LogP contribution in [0.25, 0.3) is 0 Å². The molecule has 4 heteroatoms. The SMILES string of the molecule is C=CN(C(=O)CC)c1c(Cl)cccc1Cl. The van der Waals surface area contributed by atoms with Gasteiger partial charge in [-0.15, -0.1) is 0 Å². The molecule has 15 heavy (non-hydrogen) atoms. The molecule has 0 saturated heterocycles. The topological polar surface area (TPSA) is 20.3 Å². The maximum absolute atomic E-state index is 11.6. The standard InChI is InChI=1S/C11H11Cl2NO/c1-3-10(15)14(4-2)11-8(12)6-5-7-9(11)13/h4-7H,2-3H2,1H3. The normalized spacial score (nSPS) is 9.80. The minimum atomic E-state index is -0.0972. The molecule has 0 fully saturated rings. The minimum absolute atomic E-state index is 0.0972. The predicted molar refractivity (Wildman–Crippen MR) is 64.4 cm³/mol. The summed E-state index contributed by atoms with van der Waals surface area (Å²) in [7, 11) is 0. The van der Waals surface area contributed by atoms with Gasteiger partial charge in [0.15, 0.2) is 0 Å². The first kappa shape index (κ1) is 12.1. The van der Waals surface area contributed by atoms with Crippen molar-refractivity contribution in [2.45, 2.75) is 13.3 Å². The third-order valence-electron chi connectivity index (χ3n) is 1.93. The van der Waals surface area contributed by atoms with Gasteiger partial charge in [0.1, 0.15) is 0 Å². The zero-order chi connectivity index (χ0) is 11.4. The summed E-state index contributed by atoms with van der Waals surface area (Å²) in [6, 6.07) is 5.09. The van der Waals surface area contributed by atoms with E-state index in [1.807, 2.05) is 0 Å². The zero-order valence-electron chi connectivity index (χ0n) is 8.34. The Hall–Kier alpha value is -0.990. The van der Waals surface area contributed by atoms with Crippen LogP contribution in [0.15, 0.2) is 31.0 Å². The number of anilines is 1. The average molecular weight is 244 g/mol. The number of amides is 1. The van der Waals surface area contributed by atoms with Crippen LogP contribution in [-0.2, 0) is 4.79 Å². The quantitative estimate of drug-likeness (QED) is 0.790.